The molecule has 3 heterocycles. The van der Waals surface area contributed by atoms with Crippen LogP contribution in [0.3, 0.4) is 0 Å². The van der Waals surface area contributed by atoms with Gasteiger partial charge in [-0.3, -0.25) is 9.69 Å². The minimum atomic E-state index is -0.0348. The van der Waals surface area contributed by atoms with E-state index < -0.39 is 0 Å². The molecule has 0 atom stereocenters. The summed E-state index contributed by atoms with van der Waals surface area (Å²) >= 11 is 2.04. The van der Waals surface area contributed by atoms with Crippen LogP contribution in [0, 0.1) is 0 Å². The quantitative estimate of drug-likeness (QED) is 0.653. The van der Waals surface area contributed by atoms with Crippen molar-refractivity contribution in [1.82, 2.24) is 15.2 Å². The zero-order chi connectivity index (χ0) is 18.2. The molecular weight excluding hydrogens is 356 g/mol. The first-order valence-corrected chi connectivity index (χ1v) is 10.5. The molecular formula is C21H22N4OS. The molecule has 0 spiro atoms. The van der Waals surface area contributed by atoms with Crippen LogP contribution >= 0.6 is 11.8 Å². The summed E-state index contributed by atoms with van der Waals surface area (Å²) in [4.78, 5) is 18.3. The number of aromatic amines is 1. The Morgan fingerprint density at radius 1 is 1.00 bits per heavy atom. The maximum absolute atomic E-state index is 12.3. The number of rotatable bonds is 3. The van der Waals surface area contributed by atoms with Crippen molar-refractivity contribution in [2.45, 2.75) is 6.54 Å². The van der Waals surface area contributed by atoms with Crippen LogP contribution < -0.4 is 10.6 Å². The third-order valence-electron chi connectivity index (χ3n) is 5.34. The van der Waals surface area contributed by atoms with Crippen LogP contribution in [0.5, 0.6) is 0 Å². The maximum atomic E-state index is 12.3. The number of H-pyrrole nitrogens is 1. The van der Waals surface area contributed by atoms with E-state index in [0.717, 1.165) is 40.0 Å². The molecule has 5 rings (SSSR count). The highest BCUT2D eigenvalue weighted by Crippen LogP contribution is 2.37. The van der Waals surface area contributed by atoms with E-state index in [1.54, 1.807) is 0 Å². The van der Waals surface area contributed by atoms with Crippen molar-refractivity contribution in [3.8, 4) is 11.3 Å². The zero-order valence-corrected chi connectivity index (χ0v) is 15.9. The van der Waals surface area contributed by atoms with Crippen molar-refractivity contribution in [1.29, 1.82) is 0 Å². The summed E-state index contributed by atoms with van der Waals surface area (Å²) in [6, 6.07) is 14.6. The van der Waals surface area contributed by atoms with Crippen molar-refractivity contribution in [3.05, 3.63) is 53.6 Å². The van der Waals surface area contributed by atoms with Gasteiger partial charge in [-0.1, -0.05) is 30.3 Å². The highest BCUT2D eigenvalue weighted by molar-refractivity contribution is 7.99. The first kappa shape index (κ1) is 16.7. The number of amides is 1. The molecule has 0 unspecified atom stereocenters. The summed E-state index contributed by atoms with van der Waals surface area (Å²) in [7, 11) is 0. The smallest absolute Gasteiger partial charge is 0.253 e. The summed E-state index contributed by atoms with van der Waals surface area (Å²) < 4.78 is 0. The van der Waals surface area contributed by atoms with Gasteiger partial charge in [-0.25, -0.2) is 0 Å². The van der Waals surface area contributed by atoms with Crippen LogP contribution in [0.4, 0.5) is 5.69 Å². The highest BCUT2D eigenvalue weighted by atomic mass is 32.2. The average Bonchev–Trinajstić information content (AvgIpc) is 2.99. The molecule has 1 amide bonds. The Morgan fingerprint density at radius 3 is 2.63 bits per heavy atom. The standard InChI is InChI=1S/C21H22N4OS/c26-21-16-2-1-3-17-18(16)20(22-13-23-21)19(24-17)15-6-4-14(5-7-15)12-25-8-10-27-11-9-25/h1-7,22,24H,8-13H2,(H,23,26). The molecule has 2 aliphatic heterocycles. The summed E-state index contributed by atoms with van der Waals surface area (Å²) in [6.45, 7) is 3.79. The van der Waals surface area contributed by atoms with Crippen LogP contribution in [0.15, 0.2) is 42.5 Å². The van der Waals surface area contributed by atoms with E-state index in [4.69, 9.17) is 0 Å². The summed E-state index contributed by atoms with van der Waals surface area (Å²) in [6.07, 6.45) is 0. The summed E-state index contributed by atoms with van der Waals surface area (Å²) in [5.74, 6) is 2.43. The predicted molar refractivity (Wildman–Crippen MR) is 112 cm³/mol. The van der Waals surface area contributed by atoms with Gasteiger partial charge in [-0.2, -0.15) is 11.8 Å². The maximum Gasteiger partial charge on any atom is 0.253 e. The Morgan fingerprint density at radius 2 is 1.81 bits per heavy atom. The lowest BCUT2D eigenvalue weighted by molar-refractivity contribution is 0.0959. The molecule has 1 saturated heterocycles. The van der Waals surface area contributed by atoms with Gasteiger partial charge in [-0.05, 0) is 17.7 Å². The molecule has 0 bridgehead atoms. The van der Waals surface area contributed by atoms with Gasteiger partial charge in [0.05, 0.1) is 23.6 Å². The molecule has 27 heavy (non-hydrogen) atoms. The van der Waals surface area contributed by atoms with Gasteiger partial charge >= 0.3 is 0 Å². The Bertz CT molecular complexity index is 989. The van der Waals surface area contributed by atoms with Crippen molar-refractivity contribution in [3.63, 3.8) is 0 Å². The molecule has 3 aromatic rings. The lowest BCUT2D eigenvalue weighted by atomic mass is 10.0. The second kappa shape index (κ2) is 6.94. The first-order chi connectivity index (χ1) is 13.3. The molecule has 2 aliphatic rings. The van der Waals surface area contributed by atoms with Crippen molar-refractivity contribution < 1.29 is 4.79 Å². The van der Waals surface area contributed by atoms with Gasteiger partial charge in [0.25, 0.3) is 5.91 Å². The number of hydrogen-bond donors (Lipinski definition) is 3. The molecule has 5 nitrogen and oxygen atoms in total. The van der Waals surface area contributed by atoms with Crippen molar-refractivity contribution in [2.75, 3.05) is 36.6 Å². The Hall–Kier alpha value is -2.44. The fourth-order valence-corrected chi connectivity index (χ4v) is 4.91. The molecule has 2 aromatic carbocycles. The molecule has 0 radical (unpaired) electrons. The molecule has 0 saturated carbocycles. The number of thioether (sulfide) groups is 1. The topological polar surface area (TPSA) is 60.2 Å². The fraction of sp³-hybridized carbons (Fsp3) is 0.286. The molecule has 138 valence electrons. The Kier molecular flexibility index (Phi) is 4.30. The number of aromatic nitrogens is 1. The molecule has 6 heteroatoms. The third-order valence-corrected chi connectivity index (χ3v) is 6.28. The van der Waals surface area contributed by atoms with E-state index in [1.165, 1.54) is 30.2 Å². The van der Waals surface area contributed by atoms with Crippen LogP contribution in [0.1, 0.15) is 15.9 Å². The van der Waals surface area contributed by atoms with Gasteiger partial charge in [-0.15, -0.1) is 0 Å². The molecule has 3 N–H and O–H groups in total. The molecule has 1 aromatic heterocycles. The lowest BCUT2D eigenvalue weighted by Gasteiger charge is -2.26. The fourth-order valence-electron chi connectivity index (χ4n) is 3.93. The largest absolute Gasteiger partial charge is 0.366 e. The van der Waals surface area contributed by atoms with E-state index in [-0.39, 0.29) is 5.91 Å². The number of carbonyl (C=O) groups excluding carboxylic acids is 1. The Labute approximate surface area is 162 Å². The minimum absolute atomic E-state index is 0.0348. The third kappa shape index (κ3) is 3.09. The van der Waals surface area contributed by atoms with Crippen LogP contribution in [-0.2, 0) is 6.54 Å². The number of nitrogens with one attached hydrogen (secondary N) is 3. The summed E-state index contributed by atoms with van der Waals surface area (Å²) in [5, 5.41) is 7.24. The summed E-state index contributed by atoms with van der Waals surface area (Å²) in [5.41, 5.74) is 6.21. The first-order valence-electron chi connectivity index (χ1n) is 9.36. The Balaban J connectivity index is 1.49. The van der Waals surface area contributed by atoms with Gasteiger partial charge in [0.1, 0.15) is 0 Å². The van der Waals surface area contributed by atoms with Gasteiger partial charge in [0, 0.05) is 47.6 Å². The second-order valence-corrected chi connectivity index (χ2v) is 8.27. The number of benzene rings is 2. The van der Waals surface area contributed by atoms with Gasteiger partial charge in [0.15, 0.2) is 0 Å². The highest BCUT2D eigenvalue weighted by Gasteiger charge is 2.22. The van der Waals surface area contributed by atoms with Crippen LogP contribution in [0.2, 0.25) is 0 Å². The van der Waals surface area contributed by atoms with Crippen molar-refractivity contribution >= 4 is 34.3 Å². The van der Waals surface area contributed by atoms with Gasteiger partial charge < -0.3 is 15.6 Å². The normalized spacial score (nSPS) is 17.4. The predicted octanol–water partition coefficient (Wildman–Crippen LogP) is 3.50. The SMILES string of the molecule is O=C1NCNc2c(-c3ccc(CN4CCSCC4)cc3)[nH]c3cccc1c23. The van der Waals surface area contributed by atoms with E-state index in [0.29, 0.717) is 6.67 Å². The van der Waals surface area contributed by atoms with E-state index in [1.807, 2.05) is 30.0 Å². The van der Waals surface area contributed by atoms with Crippen LogP contribution in [0.25, 0.3) is 22.2 Å². The monoisotopic (exact) mass is 378 g/mol. The van der Waals surface area contributed by atoms with E-state index in [9.17, 15) is 4.79 Å². The van der Waals surface area contributed by atoms with E-state index in [2.05, 4.69) is 44.8 Å². The van der Waals surface area contributed by atoms with E-state index >= 15 is 0 Å². The zero-order valence-electron chi connectivity index (χ0n) is 15.0. The molecule has 0 aliphatic carbocycles. The number of anilines is 1. The lowest BCUT2D eigenvalue weighted by Crippen LogP contribution is -2.31. The van der Waals surface area contributed by atoms with Gasteiger partial charge in [0.2, 0.25) is 0 Å². The number of hydrogen-bond acceptors (Lipinski definition) is 4. The minimum Gasteiger partial charge on any atom is -0.366 e. The number of nitrogens with zero attached hydrogens (tertiary/aromatic N) is 1. The van der Waals surface area contributed by atoms with Crippen molar-refractivity contribution in [2.24, 2.45) is 0 Å². The van der Waals surface area contributed by atoms with Crippen LogP contribution in [-0.4, -0.2) is 47.1 Å². The second-order valence-electron chi connectivity index (χ2n) is 7.05. The average molecular weight is 379 g/mol. The number of carbonyl (C=O) groups is 1. The molecule has 1 fully saturated rings.